The molecule has 0 atom stereocenters. The monoisotopic (exact) mass is 499 g/mol. The van der Waals surface area contributed by atoms with Gasteiger partial charge in [-0.25, -0.2) is 0 Å². The van der Waals surface area contributed by atoms with E-state index in [1.54, 1.807) is 32.3 Å². The average Bonchev–Trinajstić information content (AvgIpc) is 2.81. The number of benzene rings is 2. The van der Waals surface area contributed by atoms with Crippen LogP contribution in [0.4, 0.5) is 0 Å². The van der Waals surface area contributed by atoms with E-state index in [1.807, 2.05) is 18.2 Å². The summed E-state index contributed by atoms with van der Waals surface area (Å²) >= 11 is 3.47. The third kappa shape index (κ3) is 6.22. The summed E-state index contributed by atoms with van der Waals surface area (Å²) in [5.74, 6) is 1.36. The highest BCUT2D eigenvalue weighted by molar-refractivity contribution is 9.10. The third-order valence-electron chi connectivity index (χ3n) is 5.79. The maximum atomic E-state index is 12.7. The summed E-state index contributed by atoms with van der Waals surface area (Å²) in [5, 5.41) is 0. The van der Waals surface area contributed by atoms with Crippen LogP contribution in [-0.2, 0) is 4.79 Å². The number of likely N-dealkylation sites (N-methyl/N-ethyl adjacent to an activating group) is 1. The quantitative estimate of drug-likeness (QED) is 0.336. The molecule has 0 radical (unpaired) electrons. The number of ketones is 1. The zero-order valence-corrected chi connectivity index (χ0v) is 20.5. The highest BCUT2D eigenvalue weighted by Crippen LogP contribution is 2.37. The van der Waals surface area contributed by atoms with Gasteiger partial charge in [0.1, 0.15) is 0 Å². The number of carbonyl (C=O) groups excluding carboxylic acids is 2. The molecule has 0 spiro atoms. The first-order valence-corrected chi connectivity index (χ1v) is 11.7. The predicted molar refractivity (Wildman–Crippen MR) is 131 cm³/mol. The number of halogens is 1. The number of hydrogen-bond acceptors (Lipinski definition) is 4. The number of amides is 1. The van der Waals surface area contributed by atoms with Crippen LogP contribution in [-0.4, -0.2) is 44.4 Å². The summed E-state index contributed by atoms with van der Waals surface area (Å²) in [5.41, 5.74) is 2.79. The Labute approximate surface area is 198 Å². The van der Waals surface area contributed by atoms with Gasteiger partial charge in [-0.1, -0.05) is 49.6 Å². The highest BCUT2D eigenvalue weighted by Gasteiger charge is 2.16. The Kier molecular flexibility index (Phi) is 8.51. The summed E-state index contributed by atoms with van der Waals surface area (Å²) < 4.78 is 11.7. The molecule has 1 aliphatic rings. The second kappa shape index (κ2) is 11.3. The van der Waals surface area contributed by atoms with Crippen molar-refractivity contribution in [2.45, 2.75) is 38.0 Å². The van der Waals surface area contributed by atoms with Gasteiger partial charge in [0.2, 0.25) is 0 Å². The van der Waals surface area contributed by atoms with Crippen LogP contribution in [0.1, 0.15) is 59.5 Å². The Hall–Kier alpha value is -2.60. The fourth-order valence-corrected chi connectivity index (χ4v) is 4.44. The molecule has 1 amide bonds. The average molecular weight is 500 g/mol. The molecule has 1 aliphatic carbocycles. The molecule has 3 rings (SSSR count). The molecular weight excluding hydrogens is 470 g/mol. The van der Waals surface area contributed by atoms with E-state index in [0.29, 0.717) is 27.5 Å². The van der Waals surface area contributed by atoms with Crippen molar-refractivity contribution in [1.82, 2.24) is 4.90 Å². The van der Waals surface area contributed by atoms with Crippen LogP contribution in [0.5, 0.6) is 11.5 Å². The molecule has 0 aliphatic heterocycles. The number of nitrogens with zero attached hydrogens (tertiary/aromatic N) is 1. The normalized spacial score (nSPS) is 14.4. The number of carbonyl (C=O) groups is 2. The van der Waals surface area contributed by atoms with Gasteiger partial charge in [-0.3, -0.25) is 9.59 Å². The van der Waals surface area contributed by atoms with Gasteiger partial charge in [-0.15, -0.1) is 0 Å². The molecule has 32 heavy (non-hydrogen) atoms. The molecule has 0 N–H and O–H groups in total. The van der Waals surface area contributed by atoms with E-state index in [4.69, 9.17) is 9.47 Å². The maximum Gasteiger partial charge on any atom is 0.259 e. The van der Waals surface area contributed by atoms with Gasteiger partial charge in [0.15, 0.2) is 23.9 Å². The Morgan fingerprint density at radius 1 is 1.09 bits per heavy atom. The van der Waals surface area contributed by atoms with Crippen molar-refractivity contribution in [1.29, 1.82) is 0 Å². The van der Waals surface area contributed by atoms with Crippen molar-refractivity contribution < 1.29 is 19.1 Å². The number of allylic oxidation sites excluding steroid dienone is 1. The maximum absolute atomic E-state index is 12.7. The second-order valence-electron chi connectivity index (χ2n) is 8.27. The SMILES string of the molecule is COc1cc(C=CC(=O)c2ccc(C3CCCCC3)cc2)cc(Br)c1OCC(=O)N(C)C. The molecule has 0 saturated heterocycles. The van der Waals surface area contributed by atoms with Crippen LogP contribution in [0.15, 0.2) is 46.9 Å². The van der Waals surface area contributed by atoms with E-state index >= 15 is 0 Å². The molecule has 6 heteroatoms. The van der Waals surface area contributed by atoms with Crippen molar-refractivity contribution in [3.05, 3.63) is 63.6 Å². The minimum Gasteiger partial charge on any atom is -0.493 e. The first-order valence-electron chi connectivity index (χ1n) is 10.9. The fraction of sp³-hybridized carbons (Fsp3) is 0.385. The van der Waals surface area contributed by atoms with E-state index in [9.17, 15) is 9.59 Å². The fourth-order valence-electron chi connectivity index (χ4n) is 3.86. The largest absolute Gasteiger partial charge is 0.493 e. The summed E-state index contributed by atoms with van der Waals surface area (Å²) in [6.45, 7) is -0.0908. The molecule has 170 valence electrons. The van der Waals surface area contributed by atoms with Crippen LogP contribution >= 0.6 is 15.9 Å². The van der Waals surface area contributed by atoms with Crippen molar-refractivity contribution in [3.8, 4) is 11.5 Å². The van der Waals surface area contributed by atoms with Gasteiger partial charge >= 0.3 is 0 Å². The zero-order valence-electron chi connectivity index (χ0n) is 18.9. The molecule has 1 saturated carbocycles. The lowest BCUT2D eigenvalue weighted by atomic mass is 9.84. The lowest BCUT2D eigenvalue weighted by Gasteiger charge is -2.21. The Morgan fingerprint density at radius 2 is 1.78 bits per heavy atom. The van der Waals surface area contributed by atoms with Crippen molar-refractivity contribution in [3.63, 3.8) is 0 Å². The van der Waals surface area contributed by atoms with Crippen LogP contribution in [0.2, 0.25) is 0 Å². The molecule has 2 aromatic rings. The van der Waals surface area contributed by atoms with Crippen molar-refractivity contribution >= 4 is 33.7 Å². The Balaban J connectivity index is 1.69. The number of hydrogen-bond donors (Lipinski definition) is 0. The second-order valence-corrected chi connectivity index (χ2v) is 9.12. The third-order valence-corrected chi connectivity index (χ3v) is 6.38. The first kappa shape index (κ1) is 24.1. The lowest BCUT2D eigenvalue weighted by Crippen LogP contribution is -2.27. The number of ether oxygens (including phenoxy) is 2. The van der Waals surface area contributed by atoms with Gasteiger partial charge in [0.25, 0.3) is 5.91 Å². The first-order chi connectivity index (χ1) is 15.4. The molecular formula is C26H30BrNO4. The Morgan fingerprint density at radius 3 is 2.41 bits per heavy atom. The summed E-state index contributed by atoms with van der Waals surface area (Å²) in [4.78, 5) is 25.9. The van der Waals surface area contributed by atoms with Gasteiger partial charge in [-0.2, -0.15) is 0 Å². The minimum absolute atomic E-state index is 0.0489. The molecule has 0 heterocycles. The topological polar surface area (TPSA) is 55.8 Å². The predicted octanol–water partition coefficient (Wildman–Crippen LogP) is 5.87. The molecule has 5 nitrogen and oxygen atoms in total. The summed E-state index contributed by atoms with van der Waals surface area (Å²) in [6.07, 6.45) is 9.72. The zero-order chi connectivity index (χ0) is 23.1. The smallest absolute Gasteiger partial charge is 0.259 e. The summed E-state index contributed by atoms with van der Waals surface area (Å²) in [7, 11) is 4.88. The molecule has 0 bridgehead atoms. The molecule has 0 aromatic heterocycles. The van der Waals surface area contributed by atoms with Crippen LogP contribution in [0, 0.1) is 0 Å². The van der Waals surface area contributed by atoms with E-state index < -0.39 is 0 Å². The van der Waals surface area contributed by atoms with E-state index in [0.717, 1.165) is 5.56 Å². The highest BCUT2D eigenvalue weighted by atomic mass is 79.9. The van der Waals surface area contributed by atoms with Crippen molar-refractivity contribution in [2.75, 3.05) is 27.8 Å². The molecule has 2 aromatic carbocycles. The lowest BCUT2D eigenvalue weighted by molar-refractivity contribution is -0.130. The van der Waals surface area contributed by atoms with Gasteiger partial charge < -0.3 is 14.4 Å². The van der Waals surface area contributed by atoms with Crippen LogP contribution in [0.25, 0.3) is 6.08 Å². The number of methoxy groups -OCH3 is 1. The van der Waals surface area contributed by atoms with E-state index in [-0.39, 0.29) is 18.3 Å². The van der Waals surface area contributed by atoms with Crippen LogP contribution < -0.4 is 9.47 Å². The standard InChI is InChI=1S/C26H30BrNO4/c1-28(2)25(30)17-32-26-22(27)15-18(16-24(26)31-3)9-14-23(29)21-12-10-20(11-13-21)19-7-5-4-6-8-19/h9-16,19H,4-8,17H2,1-3H3. The van der Waals surface area contributed by atoms with Gasteiger partial charge in [0, 0.05) is 19.7 Å². The van der Waals surface area contributed by atoms with E-state index in [2.05, 4.69) is 28.1 Å². The van der Waals surface area contributed by atoms with E-state index in [1.165, 1.54) is 49.7 Å². The Bertz CT molecular complexity index is 976. The summed E-state index contributed by atoms with van der Waals surface area (Å²) in [6, 6.07) is 11.6. The van der Waals surface area contributed by atoms with Crippen molar-refractivity contribution in [2.24, 2.45) is 0 Å². The molecule has 0 unspecified atom stereocenters. The van der Waals surface area contributed by atoms with Gasteiger partial charge in [-0.05, 0) is 64.0 Å². The number of rotatable bonds is 8. The minimum atomic E-state index is -0.150. The van der Waals surface area contributed by atoms with Gasteiger partial charge in [0.05, 0.1) is 11.6 Å². The molecule has 1 fully saturated rings. The van der Waals surface area contributed by atoms with Crippen LogP contribution in [0.3, 0.4) is 0 Å².